The SMILES string of the molecule is C[C@]12C[C@H](c3ccoc3)OC(=O)[C@@]1(O)CC[C@@]13COC(=O)[C@@H]1C=CC[C@@H]32. The van der Waals surface area contributed by atoms with Crippen molar-refractivity contribution < 1.29 is 28.6 Å². The summed E-state index contributed by atoms with van der Waals surface area (Å²) in [5, 5.41) is 11.4. The molecule has 0 amide bonds. The fraction of sp³-hybridized carbons (Fsp3) is 0.600. The third-order valence-corrected chi connectivity index (χ3v) is 7.53. The van der Waals surface area contributed by atoms with Gasteiger partial charge in [0.05, 0.1) is 25.1 Å². The van der Waals surface area contributed by atoms with E-state index in [1.165, 1.54) is 0 Å². The van der Waals surface area contributed by atoms with Gasteiger partial charge >= 0.3 is 11.9 Å². The summed E-state index contributed by atoms with van der Waals surface area (Å²) in [6, 6.07) is 1.79. The standard InChI is InChI=1S/C20H22O6/c1-18-9-14(12-5-8-24-10-12)26-17(22)20(18,23)7-6-19-11-25-16(21)13(19)3-2-4-15(18)19/h2-3,5,8,10,13-15,23H,4,6-7,9,11H2,1H3/t13-,14+,15+,18+,19+,20-/m0/s1. The predicted octanol–water partition coefficient (Wildman–Crippen LogP) is 2.53. The van der Waals surface area contributed by atoms with Gasteiger partial charge in [0, 0.05) is 16.4 Å². The number of esters is 2. The lowest BCUT2D eigenvalue weighted by atomic mass is 9.43. The predicted molar refractivity (Wildman–Crippen MR) is 88.6 cm³/mol. The molecule has 0 aromatic carbocycles. The molecule has 0 radical (unpaired) electrons. The second kappa shape index (κ2) is 5.00. The largest absolute Gasteiger partial charge is 0.472 e. The molecule has 1 N–H and O–H groups in total. The molecule has 26 heavy (non-hydrogen) atoms. The lowest BCUT2D eigenvalue weighted by Crippen LogP contribution is -2.68. The van der Waals surface area contributed by atoms with E-state index in [1.54, 1.807) is 18.6 Å². The second-order valence-corrected chi connectivity index (χ2v) is 8.47. The number of carbonyl (C=O) groups is 2. The molecular weight excluding hydrogens is 336 g/mol. The van der Waals surface area contributed by atoms with E-state index < -0.39 is 23.1 Å². The second-order valence-electron chi connectivity index (χ2n) is 8.47. The number of aliphatic hydroxyl groups is 1. The smallest absolute Gasteiger partial charge is 0.339 e. The summed E-state index contributed by atoms with van der Waals surface area (Å²) < 4.78 is 16.2. The highest BCUT2D eigenvalue weighted by molar-refractivity contribution is 5.83. The summed E-state index contributed by atoms with van der Waals surface area (Å²) in [5.74, 6) is -1.07. The summed E-state index contributed by atoms with van der Waals surface area (Å²) in [7, 11) is 0. The molecule has 1 spiro atoms. The zero-order valence-electron chi connectivity index (χ0n) is 14.6. The van der Waals surface area contributed by atoms with Gasteiger partial charge in [-0.1, -0.05) is 19.1 Å². The summed E-state index contributed by atoms with van der Waals surface area (Å²) in [5.41, 5.74) is -1.79. The Morgan fingerprint density at radius 1 is 1.27 bits per heavy atom. The minimum atomic E-state index is -1.54. The molecule has 0 bridgehead atoms. The highest BCUT2D eigenvalue weighted by Gasteiger charge is 2.71. The molecule has 3 heterocycles. The van der Waals surface area contributed by atoms with Crippen molar-refractivity contribution in [2.75, 3.05) is 6.61 Å². The number of rotatable bonds is 1. The molecule has 4 aliphatic rings. The Kier molecular flexibility index (Phi) is 3.10. The molecule has 6 nitrogen and oxygen atoms in total. The van der Waals surface area contributed by atoms with E-state index in [4.69, 9.17) is 13.9 Å². The molecule has 3 fully saturated rings. The Morgan fingerprint density at radius 2 is 2.12 bits per heavy atom. The van der Waals surface area contributed by atoms with E-state index in [1.807, 2.05) is 19.1 Å². The fourth-order valence-electron chi connectivity index (χ4n) is 6.02. The van der Waals surface area contributed by atoms with Crippen molar-refractivity contribution in [3.05, 3.63) is 36.3 Å². The van der Waals surface area contributed by atoms with Gasteiger partial charge in [-0.15, -0.1) is 0 Å². The minimum Gasteiger partial charge on any atom is -0.472 e. The van der Waals surface area contributed by atoms with Crippen LogP contribution in [0.15, 0.2) is 35.2 Å². The third kappa shape index (κ3) is 1.76. The summed E-state index contributed by atoms with van der Waals surface area (Å²) >= 11 is 0. The van der Waals surface area contributed by atoms with Gasteiger partial charge in [0.2, 0.25) is 0 Å². The molecule has 1 saturated carbocycles. The van der Waals surface area contributed by atoms with Crippen LogP contribution in [0.25, 0.3) is 0 Å². The first-order valence-corrected chi connectivity index (χ1v) is 9.20. The molecule has 2 aliphatic heterocycles. The molecule has 1 aromatic heterocycles. The van der Waals surface area contributed by atoms with Crippen LogP contribution in [0.2, 0.25) is 0 Å². The first kappa shape index (κ1) is 16.1. The van der Waals surface area contributed by atoms with Gasteiger partial charge in [-0.25, -0.2) is 4.79 Å². The van der Waals surface area contributed by atoms with Crippen LogP contribution in [0.3, 0.4) is 0 Å². The zero-order valence-corrected chi connectivity index (χ0v) is 14.6. The van der Waals surface area contributed by atoms with Crippen molar-refractivity contribution in [1.82, 2.24) is 0 Å². The van der Waals surface area contributed by atoms with E-state index in [0.29, 0.717) is 19.4 Å². The van der Waals surface area contributed by atoms with Crippen LogP contribution in [-0.2, 0) is 19.1 Å². The Morgan fingerprint density at radius 3 is 2.88 bits per heavy atom. The Bertz CT molecular complexity index is 797. The topological polar surface area (TPSA) is 86.0 Å². The maximum Gasteiger partial charge on any atom is 0.339 e. The number of fused-ring (bicyclic) bond motifs is 2. The summed E-state index contributed by atoms with van der Waals surface area (Å²) in [6.07, 6.45) is 8.72. The lowest BCUT2D eigenvalue weighted by molar-refractivity contribution is -0.247. The number of cyclic esters (lactones) is 2. The maximum absolute atomic E-state index is 12.9. The quantitative estimate of drug-likeness (QED) is 0.613. The molecule has 6 atom stereocenters. The number of allylic oxidation sites excluding steroid dienone is 1. The maximum atomic E-state index is 12.9. The van der Waals surface area contributed by atoms with Gasteiger partial charge in [0.25, 0.3) is 0 Å². The van der Waals surface area contributed by atoms with Crippen LogP contribution in [0.5, 0.6) is 0 Å². The third-order valence-electron chi connectivity index (χ3n) is 7.53. The molecule has 138 valence electrons. The van der Waals surface area contributed by atoms with Crippen molar-refractivity contribution >= 4 is 11.9 Å². The highest BCUT2D eigenvalue weighted by atomic mass is 16.6. The number of carbonyl (C=O) groups excluding carboxylic acids is 2. The zero-order chi connectivity index (χ0) is 18.2. The average molecular weight is 358 g/mol. The highest BCUT2D eigenvalue weighted by Crippen LogP contribution is 2.67. The van der Waals surface area contributed by atoms with E-state index in [0.717, 1.165) is 12.0 Å². The van der Waals surface area contributed by atoms with Crippen LogP contribution >= 0.6 is 0 Å². The van der Waals surface area contributed by atoms with Gasteiger partial charge < -0.3 is 19.0 Å². The van der Waals surface area contributed by atoms with Crippen molar-refractivity contribution in [2.24, 2.45) is 22.7 Å². The fourth-order valence-corrected chi connectivity index (χ4v) is 6.02. The Labute approximate surface area is 151 Å². The Balaban J connectivity index is 1.61. The molecule has 2 saturated heterocycles. The van der Waals surface area contributed by atoms with Gasteiger partial charge in [-0.3, -0.25) is 4.79 Å². The first-order chi connectivity index (χ1) is 12.4. The molecular formula is C20H22O6. The number of hydrogen-bond acceptors (Lipinski definition) is 6. The van der Waals surface area contributed by atoms with Gasteiger partial charge in [0.15, 0.2) is 5.60 Å². The van der Waals surface area contributed by atoms with Crippen molar-refractivity contribution in [2.45, 2.75) is 44.3 Å². The van der Waals surface area contributed by atoms with Crippen LogP contribution < -0.4 is 0 Å². The molecule has 2 aliphatic carbocycles. The monoisotopic (exact) mass is 358 g/mol. The van der Waals surface area contributed by atoms with Crippen molar-refractivity contribution in [3.8, 4) is 0 Å². The Hall–Kier alpha value is -2.08. The minimum absolute atomic E-state index is 0.0301. The van der Waals surface area contributed by atoms with E-state index in [-0.39, 0.29) is 29.6 Å². The molecule has 1 aromatic rings. The number of hydrogen-bond donors (Lipinski definition) is 1. The summed E-state index contributed by atoms with van der Waals surface area (Å²) in [4.78, 5) is 25.1. The van der Waals surface area contributed by atoms with Crippen LogP contribution in [0.4, 0.5) is 0 Å². The van der Waals surface area contributed by atoms with E-state index >= 15 is 0 Å². The number of furan rings is 1. The summed E-state index contributed by atoms with van der Waals surface area (Å²) in [6.45, 7) is 2.34. The van der Waals surface area contributed by atoms with Crippen molar-refractivity contribution in [3.63, 3.8) is 0 Å². The van der Waals surface area contributed by atoms with Gasteiger partial charge in [-0.05, 0) is 37.7 Å². The lowest BCUT2D eigenvalue weighted by Gasteiger charge is -2.62. The van der Waals surface area contributed by atoms with Crippen LogP contribution in [0, 0.1) is 22.7 Å². The molecule has 6 heteroatoms. The first-order valence-electron chi connectivity index (χ1n) is 9.20. The van der Waals surface area contributed by atoms with E-state index in [2.05, 4.69) is 0 Å². The average Bonchev–Trinajstić information content (AvgIpc) is 3.26. The molecule has 0 unspecified atom stereocenters. The number of ether oxygens (including phenoxy) is 2. The van der Waals surface area contributed by atoms with E-state index in [9.17, 15) is 14.7 Å². The van der Waals surface area contributed by atoms with Crippen LogP contribution in [-0.4, -0.2) is 29.3 Å². The molecule has 5 rings (SSSR count). The van der Waals surface area contributed by atoms with Gasteiger partial charge in [-0.2, -0.15) is 0 Å². The normalized spacial score (nSPS) is 46.8. The van der Waals surface area contributed by atoms with Gasteiger partial charge in [0.1, 0.15) is 6.10 Å². The van der Waals surface area contributed by atoms with Crippen LogP contribution in [0.1, 0.15) is 44.3 Å². The van der Waals surface area contributed by atoms with Crippen molar-refractivity contribution in [1.29, 1.82) is 0 Å².